The number of fused-ring (bicyclic) bond motifs is 4. The van der Waals surface area contributed by atoms with Crippen molar-refractivity contribution in [2.45, 2.75) is 66.2 Å². The fourth-order valence-electron chi connectivity index (χ4n) is 7.11. The van der Waals surface area contributed by atoms with E-state index in [1.54, 1.807) is 39.7 Å². The van der Waals surface area contributed by atoms with Crippen LogP contribution in [-0.2, 0) is 19.6 Å². The van der Waals surface area contributed by atoms with Gasteiger partial charge in [0, 0.05) is 79.4 Å². The van der Waals surface area contributed by atoms with Gasteiger partial charge in [-0.2, -0.15) is 10.2 Å². The summed E-state index contributed by atoms with van der Waals surface area (Å²) in [4.78, 5) is 52.7. The largest absolute Gasteiger partial charge is 0.491 e. The molecule has 2 aromatic carbocycles. The van der Waals surface area contributed by atoms with E-state index in [1.807, 2.05) is 50.9 Å². The number of hydrazone groups is 1. The molecule has 0 radical (unpaired) electrons. The lowest BCUT2D eigenvalue weighted by Gasteiger charge is -2.20. The zero-order chi connectivity index (χ0) is 39.7. The zero-order valence-electron chi connectivity index (χ0n) is 31.7. The molecule has 0 fully saturated rings. The van der Waals surface area contributed by atoms with Crippen LogP contribution in [0.25, 0.3) is 33.0 Å². The van der Waals surface area contributed by atoms with E-state index in [1.165, 1.54) is 6.07 Å². The van der Waals surface area contributed by atoms with Crippen molar-refractivity contribution >= 4 is 62.4 Å². The molecule has 17 heteroatoms. The van der Waals surface area contributed by atoms with E-state index in [0.29, 0.717) is 71.3 Å². The zero-order valence-corrected chi connectivity index (χ0v) is 31.7. The van der Waals surface area contributed by atoms with E-state index in [4.69, 9.17) is 31.2 Å². The number of aliphatic hydroxyl groups excluding tert-OH is 1. The lowest BCUT2D eigenvalue weighted by molar-refractivity contribution is 0.0992. The Morgan fingerprint density at radius 3 is 2.45 bits per heavy atom. The van der Waals surface area contributed by atoms with Crippen LogP contribution in [0.15, 0.2) is 59.8 Å². The molecule has 6 N–H and O–H groups in total. The van der Waals surface area contributed by atoms with Crippen LogP contribution in [-0.4, -0.2) is 87.2 Å². The first-order valence-electron chi connectivity index (χ1n) is 18.5. The van der Waals surface area contributed by atoms with Gasteiger partial charge in [-0.15, -0.1) is 0 Å². The average Bonchev–Trinajstić information content (AvgIpc) is 3.94. The lowest BCUT2D eigenvalue weighted by atomic mass is 10.1. The second-order valence-electron chi connectivity index (χ2n) is 13.6. The standard InChI is InChI=1S/C39H44N12O5/c1-5-50-30(16-22(3)46-50)36-42-21-27-26-18-24(34(40)53)10-11-29(26)48(37(27)44-36)12-7-8-13-49-33-28(19-25(35(41)54)20-32(33)56-15-9-14-52)43-39(49)45-38(55)31-17-23(4)47-51(31)6-2/h7-8,10-11,17-21,30,52H,5-6,9,12-16H2,1-4H3,(H2,40,53)(H2,41,54)(H,43,45,55)/b8-7+. The van der Waals surface area contributed by atoms with Crippen LogP contribution in [0.4, 0.5) is 5.95 Å². The summed E-state index contributed by atoms with van der Waals surface area (Å²) in [5.74, 6) is -0.420. The number of anilines is 1. The molecule has 1 unspecified atom stereocenters. The number of aryl methyl sites for hydroxylation is 2. The molecular formula is C39H44N12O5. The molecule has 0 saturated heterocycles. The molecule has 56 heavy (non-hydrogen) atoms. The minimum atomic E-state index is -0.666. The van der Waals surface area contributed by atoms with Crippen LogP contribution in [0.3, 0.4) is 0 Å². The number of rotatable bonds is 15. The summed E-state index contributed by atoms with van der Waals surface area (Å²) in [5.41, 5.74) is 16.4. The molecule has 0 saturated carbocycles. The highest BCUT2D eigenvalue weighted by atomic mass is 16.5. The number of aromatic nitrogens is 7. The summed E-state index contributed by atoms with van der Waals surface area (Å²) >= 11 is 0. The van der Waals surface area contributed by atoms with Crippen molar-refractivity contribution in [1.82, 2.24) is 38.9 Å². The number of ether oxygens (including phenoxy) is 1. The molecule has 4 aromatic heterocycles. The number of nitrogens with one attached hydrogen (secondary N) is 1. The van der Waals surface area contributed by atoms with Crippen molar-refractivity contribution in [1.29, 1.82) is 0 Å². The number of amides is 3. The number of benzene rings is 2. The van der Waals surface area contributed by atoms with Gasteiger partial charge in [0.2, 0.25) is 17.8 Å². The quantitative estimate of drug-likeness (QED) is 0.0867. The molecule has 17 nitrogen and oxygen atoms in total. The third kappa shape index (κ3) is 7.15. The van der Waals surface area contributed by atoms with Crippen molar-refractivity contribution in [2.75, 3.05) is 25.1 Å². The van der Waals surface area contributed by atoms with Gasteiger partial charge in [-0.1, -0.05) is 12.2 Å². The normalized spacial score (nSPS) is 14.4. The first kappa shape index (κ1) is 37.7. The van der Waals surface area contributed by atoms with Gasteiger partial charge < -0.3 is 30.4 Å². The fourth-order valence-corrected chi connectivity index (χ4v) is 7.11. The van der Waals surface area contributed by atoms with Gasteiger partial charge in [0.05, 0.1) is 23.3 Å². The number of nitrogens with two attached hydrogens (primary N) is 2. The van der Waals surface area contributed by atoms with E-state index >= 15 is 0 Å². The van der Waals surface area contributed by atoms with Crippen LogP contribution < -0.4 is 21.5 Å². The second kappa shape index (κ2) is 15.6. The third-order valence-corrected chi connectivity index (χ3v) is 9.73. The van der Waals surface area contributed by atoms with Gasteiger partial charge in [0.1, 0.15) is 28.6 Å². The predicted octanol–water partition coefficient (Wildman–Crippen LogP) is 4.07. The molecule has 6 aromatic rings. The Labute approximate surface area is 321 Å². The highest BCUT2D eigenvalue weighted by Crippen LogP contribution is 2.34. The van der Waals surface area contributed by atoms with E-state index < -0.39 is 17.7 Å². The summed E-state index contributed by atoms with van der Waals surface area (Å²) < 4.78 is 11.5. The van der Waals surface area contributed by atoms with Gasteiger partial charge in [-0.05, 0) is 64.1 Å². The first-order valence-corrected chi connectivity index (χ1v) is 18.5. The van der Waals surface area contributed by atoms with E-state index in [0.717, 1.165) is 28.4 Å². The van der Waals surface area contributed by atoms with E-state index in [-0.39, 0.29) is 37.3 Å². The number of hydrogen-bond acceptors (Lipinski definition) is 11. The third-order valence-electron chi connectivity index (χ3n) is 9.73. The number of carbonyl (C=O) groups excluding carboxylic acids is 3. The summed E-state index contributed by atoms with van der Waals surface area (Å²) in [6, 6.07) is 10.0. The minimum absolute atomic E-state index is 0.0869. The summed E-state index contributed by atoms with van der Waals surface area (Å²) in [7, 11) is 0. The maximum absolute atomic E-state index is 13.7. The van der Waals surface area contributed by atoms with Crippen LogP contribution in [0, 0.1) is 6.92 Å². The maximum atomic E-state index is 13.7. The Morgan fingerprint density at radius 1 is 0.964 bits per heavy atom. The molecule has 0 bridgehead atoms. The topological polar surface area (TPSA) is 227 Å². The molecule has 0 spiro atoms. The number of carbonyl (C=O) groups is 3. The lowest BCUT2D eigenvalue weighted by Crippen LogP contribution is -2.21. The predicted molar refractivity (Wildman–Crippen MR) is 212 cm³/mol. The number of aliphatic hydroxyl groups is 1. The molecular weight excluding hydrogens is 717 g/mol. The Hall–Kier alpha value is -6.62. The number of imidazole rings is 1. The number of primary amides is 2. The Morgan fingerprint density at radius 2 is 1.73 bits per heavy atom. The molecule has 1 aliphatic heterocycles. The second-order valence-corrected chi connectivity index (χ2v) is 13.6. The molecule has 290 valence electrons. The molecule has 1 atom stereocenters. The highest BCUT2D eigenvalue weighted by Gasteiger charge is 2.28. The van der Waals surface area contributed by atoms with Crippen LogP contribution in [0.2, 0.25) is 0 Å². The summed E-state index contributed by atoms with van der Waals surface area (Å²) in [6.45, 7) is 9.66. The van der Waals surface area contributed by atoms with Gasteiger partial charge in [-0.3, -0.25) is 29.4 Å². The maximum Gasteiger partial charge on any atom is 0.276 e. The average molecular weight is 761 g/mol. The monoisotopic (exact) mass is 760 g/mol. The first-order chi connectivity index (χ1) is 27.0. The molecule has 3 amide bonds. The number of nitrogens with zero attached hydrogens (tertiary/aromatic N) is 9. The fraction of sp³-hybridized carbons (Fsp3) is 0.333. The minimum Gasteiger partial charge on any atom is -0.491 e. The van der Waals surface area contributed by atoms with Crippen LogP contribution >= 0.6 is 0 Å². The van der Waals surface area contributed by atoms with Crippen molar-refractivity contribution in [3.63, 3.8) is 0 Å². The summed E-state index contributed by atoms with van der Waals surface area (Å²) in [5, 5.41) is 25.0. The van der Waals surface area contributed by atoms with Gasteiger partial charge in [0.25, 0.3) is 5.91 Å². The van der Waals surface area contributed by atoms with Crippen molar-refractivity contribution in [2.24, 2.45) is 16.6 Å². The number of allylic oxidation sites excluding steroid dienone is 2. The summed E-state index contributed by atoms with van der Waals surface area (Å²) in [6.07, 6.45) is 6.77. The van der Waals surface area contributed by atoms with E-state index in [2.05, 4.69) is 20.1 Å². The van der Waals surface area contributed by atoms with Crippen molar-refractivity contribution < 1.29 is 24.2 Å². The van der Waals surface area contributed by atoms with Gasteiger partial charge >= 0.3 is 0 Å². The Balaban J connectivity index is 1.28. The molecule has 5 heterocycles. The smallest absolute Gasteiger partial charge is 0.276 e. The molecule has 1 aliphatic rings. The van der Waals surface area contributed by atoms with E-state index in [9.17, 15) is 19.5 Å². The Kier molecular flexibility index (Phi) is 10.5. The highest BCUT2D eigenvalue weighted by molar-refractivity contribution is 6.09. The van der Waals surface area contributed by atoms with Crippen molar-refractivity contribution in [3.8, 4) is 5.75 Å². The molecule has 0 aliphatic carbocycles. The SMILES string of the molecule is CCN1N=C(C)CC1c1ncc2c3cc(C(N)=O)ccc3n(C/C=C/Cn3c(NC(=O)c4cc(C)nn4CC)nc4cc(C(N)=O)cc(OCCCO)c43)c2n1. The van der Waals surface area contributed by atoms with Crippen LogP contribution in [0.1, 0.15) is 82.4 Å². The van der Waals surface area contributed by atoms with Gasteiger partial charge in [-0.25, -0.2) is 15.0 Å². The molecule has 7 rings (SSSR count). The Bertz CT molecular complexity index is 2560. The van der Waals surface area contributed by atoms with Gasteiger partial charge in [0.15, 0.2) is 5.82 Å². The van der Waals surface area contributed by atoms with Crippen LogP contribution in [0.5, 0.6) is 5.75 Å². The number of hydrogen-bond donors (Lipinski definition) is 4. The van der Waals surface area contributed by atoms with Crippen molar-refractivity contribution in [3.05, 3.63) is 83.1 Å².